The largest absolute Gasteiger partial charge is 0.299 e. The van der Waals surface area contributed by atoms with E-state index in [-0.39, 0.29) is 33.1 Å². The third kappa shape index (κ3) is 8.00. The molecule has 0 bridgehead atoms. The van der Waals surface area contributed by atoms with Crippen molar-refractivity contribution in [1.82, 2.24) is 0 Å². The standard InChI is InChI=1S/C44H52N4/c1-41(2,3)31-13-21-35(22-14-31)47(36-23-15-32(16-24-36)42(4,5)6)39(29-45)40(30-46)48(37-25-17-33(18-26-37)43(7,8)9)38-27-19-34(20-28-38)44(10,11)12/h13-28H,1-12H3. The fourth-order valence-electron chi connectivity index (χ4n) is 5.67. The average molecular weight is 637 g/mol. The summed E-state index contributed by atoms with van der Waals surface area (Å²) in [5.74, 6) is 0. The van der Waals surface area contributed by atoms with Crippen molar-refractivity contribution in [2.24, 2.45) is 0 Å². The Labute approximate surface area is 290 Å². The second kappa shape index (κ2) is 13.4. The molecule has 0 saturated heterocycles. The molecule has 0 aromatic heterocycles. The van der Waals surface area contributed by atoms with Gasteiger partial charge >= 0.3 is 0 Å². The summed E-state index contributed by atoms with van der Waals surface area (Å²) in [5, 5.41) is 22.0. The van der Waals surface area contributed by atoms with Crippen LogP contribution in [0.3, 0.4) is 0 Å². The summed E-state index contributed by atoms with van der Waals surface area (Å²) in [6.45, 7) is 26.3. The Balaban J connectivity index is 2.02. The molecule has 0 fully saturated rings. The molecule has 0 aliphatic heterocycles. The van der Waals surface area contributed by atoms with Gasteiger partial charge in [0.1, 0.15) is 12.1 Å². The van der Waals surface area contributed by atoms with Crippen molar-refractivity contribution in [3.63, 3.8) is 0 Å². The number of anilines is 4. The van der Waals surface area contributed by atoms with Crippen molar-refractivity contribution >= 4 is 22.7 Å². The molecule has 0 aliphatic carbocycles. The molecule has 0 unspecified atom stereocenters. The second-order valence-electron chi connectivity index (χ2n) is 16.8. The quantitative estimate of drug-likeness (QED) is 0.198. The second-order valence-corrected chi connectivity index (χ2v) is 16.8. The molecule has 4 heteroatoms. The molecule has 0 aliphatic rings. The summed E-state index contributed by atoms with van der Waals surface area (Å²) < 4.78 is 0. The lowest BCUT2D eigenvalue weighted by atomic mass is 9.86. The third-order valence-corrected chi connectivity index (χ3v) is 8.85. The van der Waals surface area contributed by atoms with E-state index >= 15 is 0 Å². The van der Waals surface area contributed by atoms with Gasteiger partial charge in [-0.1, -0.05) is 132 Å². The first kappa shape index (κ1) is 36.0. The normalized spacial score (nSPS) is 12.9. The molecule has 0 atom stereocenters. The number of nitriles is 2. The van der Waals surface area contributed by atoms with Crippen LogP contribution in [0.4, 0.5) is 22.7 Å². The minimum Gasteiger partial charge on any atom is -0.299 e. The number of hydrogen-bond acceptors (Lipinski definition) is 4. The van der Waals surface area contributed by atoms with Crippen molar-refractivity contribution in [1.29, 1.82) is 10.5 Å². The molecule has 4 nitrogen and oxygen atoms in total. The number of allylic oxidation sites excluding steroid dienone is 2. The summed E-state index contributed by atoms with van der Waals surface area (Å²) in [6.07, 6.45) is 0. The third-order valence-electron chi connectivity index (χ3n) is 8.85. The molecule has 0 amide bonds. The van der Waals surface area contributed by atoms with Gasteiger partial charge in [-0.25, -0.2) is 0 Å². The Morgan fingerprint density at radius 1 is 0.354 bits per heavy atom. The Bertz CT molecular complexity index is 1560. The van der Waals surface area contributed by atoms with Gasteiger partial charge in [0.05, 0.1) is 0 Å². The van der Waals surface area contributed by atoms with E-state index in [0.717, 1.165) is 22.7 Å². The van der Waals surface area contributed by atoms with E-state index in [0.29, 0.717) is 0 Å². The summed E-state index contributed by atoms with van der Waals surface area (Å²) in [5.41, 5.74) is 8.36. The van der Waals surface area contributed by atoms with E-state index < -0.39 is 0 Å². The van der Waals surface area contributed by atoms with Gasteiger partial charge < -0.3 is 0 Å². The Morgan fingerprint density at radius 2 is 0.521 bits per heavy atom. The minimum atomic E-state index is -0.0291. The van der Waals surface area contributed by atoms with Crippen molar-refractivity contribution < 1.29 is 0 Å². The SMILES string of the molecule is CC(C)(C)c1ccc(N(C(C#N)=C(C#N)N(c2ccc(C(C)(C)C)cc2)c2ccc(C(C)(C)C)cc2)c2ccc(C(C)(C)C)cc2)cc1. The fraction of sp³-hybridized carbons (Fsp3) is 0.364. The summed E-state index contributed by atoms with van der Waals surface area (Å²) in [7, 11) is 0. The monoisotopic (exact) mass is 636 g/mol. The molecule has 0 heterocycles. The van der Waals surface area contributed by atoms with Gasteiger partial charge in [0.15, 0.2) is 11.4 Å². The van der Waals surface area contributed by atoms with Gasteiger partial charge in [0.2, 0.25) is 0 Å². The van der Waals surface area contributed by atoms with E-state index in [1.165, 1.54) is 22.3 Å². The average Bonchev–Trinajstić information content (AvgIpc) is 3.01. The minimum absolute atomic E-state index is 0.0291. The van der Waals surface area contributed by atoms with E-state index in [2.05, 4.69) is 144 Å². The van der Waals surface area contributed by atoms with Crippen molar-refractivity contribution in [3.8, 4) is 12.1 Å². The maximum absolute atomic E-state index is 11.0. The molecule has 0 spiro atoms. The fourth-order valence-corrected chi connectivity index (χ4v) is 5.67. The molecular weight excluding hydrogens is 585 g/mol. The van der Waals surface area contributed by atoms with Crippen LogP contribution in [0, 0.1) is 22.7 Å². The van der Waals surface area contributed by atoms with Crippen molar-refractivity contribution in [2.45, 2.75) is 105 Å². The first-order chi connectivity index (χ1) is 22.3. The molecule has 248 valence electrons. The maximum atomic E-state index is 11.0. The zero-order valence-electron chi connectivity index (χ0n) is 31.0. The smallest absolute Gasteiger partial charge is 0.160 e. The molecule has 4 rings (SSSR count). The van der Waals surface area contributed by atoms with Crippen LogP contribution in [0.15, 0.2) is 108 Å². The highest BCUT2D eigenvalue weighted by molar-refractivity contribution is 5.78. The molecule has 4 aromatic carbocycles. The number of benzene rings is 4. The van der Waals surface area contributed by atoms with Gasteiger partial charge in [0, 0.05) is 22.7 Å². The van der Waals surface area contributed by atoms with Gasteiger partial charge in [-0.2, -0.15) is 10.5 Å². The summed E-state index contributed by atoms with van der Waals surface area (Å²) in [4.78, 5) is 3.83. The Morgan fingerprint density at radius 3 is 0.646 bits per heavy atom. The molecule has 0 N–H and O–H groups in total. The van der Waals surface area contributed by atoms with Crippen LogP contribution in [-0.4, -0.2) is 0 Å². The molecule has 0 radical (unpaired) electrons. The predicted molar refractivity (Wildman–Crippen MR) is 203 cm³/mol. The number of rotatable bonds is 6. The molecule has 48 heavy (non-hydrogen) atoms. The van der Waals surface area contributed by atoms with Gasteiger partial charge in [-0.3, -0.25) is 9.80 Å². The highest BCUT2D eigenvalue weighted by atomic mass is 15.2. The van der Waals surface area contributed by atoms with Crippen LogP contribution in [0.1, 0.15) is 105 Å². The summed E-state index contributed by atoms with van der Waals surface area (Å²) in [6, 6.07) is 38.2. The van der Waals surface area contributed by atoms with E-state index in [4.69, 9.17) is 0 Å². The molecule has 0 saturated carbocycles. The van der Waals surface area contributed by atoms with Gasteiger partial charge in [-0.05, 0) is 92.4 Å². The first-order valence-corrected chi connectivity index (χ1v) is 16.8. The topological polar surface area (TPSA) is 54.1 Å². The number of hydrogen-bond donors (Lipinski definition) is 0. The van der Waals surface area contributed by atoms with E-state index in [1.54, 1.807) is 0 Å². The zero-order valence-corrected chi connectivity index (χ0v) is 31.0. The zero-order chi connectivity index (χ0) is 35.7. The Hall–Kier alpha value is -4.80. The van der Waals surface area contributed by atoms with Crippen LogP contribution in [0.5, 0.6) is 0 Å². The predicted octanol–water partition coefficient (Wildman–Crippen LogP) is 12.1. The van der Waals surface area contributed by atoms with Crippen LogP contribution in [0.25, 0.3) is 0 Å². The first-order valence-electron chi connectivity index (χ1n) is 16.8. The Kier molecular flexibility index (Phi) is 10.0. The lowest BCUT2D eigenvalue weighted by molar-refractivity contribution is 0.590. The number of nitrogens with zero attached hydrogens (tertiary/aromatic N) is 4. The van der Waals surface area contributed by atoms with Gasteiger partial charge in [0.25, 0.3) is 0 Å². The highest BCUT2D eigenvalue weighted by Crippen LogP contribution is 2.39. The summed E-state index contributed by atoms with van der Waals surface area (Å²) >= 11 is 0. The van der Waals surface area contributed by atoms with Crippen LogP contribution >= 0.6 is 0 Å². The maximum Gasteiger partial charge on any atom is 0.160 e. The van der Waals surface area contributed by atoms with Crippen molar-refractivity contribution in [2.75, 3.05) is 9.80 Å². The van der Waals surface area contributed by atoms with E-state index in [9.17, 15) is 10.5 Å². The van der Waals surface area contributed by atoms with Crippen LogP contribution < -0.4 is 9.80 Å². The van der Waals surface area contributed by atoms with Gasteiger partial charge in [-0.15, -0.1) is 0 Å². The lowest BCUT2D eigenvalue weighted by Crippen LogP contribution is -2.25. The lowest BCUT2D eigenvalue weighted by Gasteiger charge is -2.31. The molecule has 4 aromatic rings. The highest BCUT2D eigenvalue weighted by Gasteiger charge is 2.27. The van der Waals surface area contributed by atoms with Crippen molar-refractivity contribution in [3.05, 3.63) is 131 Å². The van der Waals surface area contributed by atoms with Crippen LogP contribution in [0.2, 0.25) is 0 Å². The van der Waals surface area contributed by atoms with Crippen LogP contribution in [-0.2, 0) is 21.7 Å². The molecular formula is C44H52N4. The van der Waals surface area contributed by atoms with E-state index in [1.807, 2.05) is 58.3 Å².